The molecule has 1 aliphatic heterocycles. The largest absolute Gasteiger partial charge is 0.478 e. The van der Waals surface area contributed by atoms with Crippen LogP contribution in [0.3, 0.4) is 0 Å². The first-order valence-electron chi connectivity index (χ1n) is 4.85. The van der Waals surface area contributed by atoms with Gasteiger partial charge in [-0.05, 0) is 46.7 Å². The zero-order valence-electron chi connectivity index (χ0n) is 8.40. The van der Waals surface area contributed by atoms with E-state index in [2.05, 4.69) is 34.4 Å². The quantitative estimate of drug-likeness (QED) is 0.852. The molecule has 0 spiro atoms. The number of hydrogen-bond donors (Lipinski definition) is 1. The standard InChI is InChI=1S/C11H12INO2/c1-7-5-13(6-7)10-3-8(11(14)15)2-9(12)4-10/h2-4,7H,5-6H2,1H3,(H,14,15). The second-order valence-corrected chi connectivity index (χ2v) is 5.26. The minimum Gasteiger partial charge on any atom is -0.478 e. The van der Waals surface area contributed by atoms with Crippen LogP contribution in [0.5, 0.6) is 0 Å². The van der Waals surface area contributed by atoms with Crippen LogP contribution in [-0.4, -0.2) is 24.2 Å². The third-order valence-electron chi connectivity index (χ3n) is 2.56. The Bertz CT molecular complexity index is 400. The molecule has 2 rings (SSSR count). The van der Waals surface area contributed by atoms with Gasteiger partial charge >= 0.3 is 5.97 Å². The summed E-state index contributed by atoms with van der Waals surface area (Å²) >= 11 is 2.15. The van der Waals surface area contributed by atoms with Crippen LogP contribution in [0.2, 0.25) is 0 Å². The molecule has 4 heteroatoms. The molecule has 1 fully saturated rings. The van der Waals surface area contributed by atoms with Gasteiger partial charge in [-0.15, -0.1) is 0 Å². The lowest BCUT2D eigenvalue weighted by atomic mass is 10.0. The van der Waals surface area contributed by atoms with Gasteiger partial charge < -0.3 is 10.0 Å². The van der Waals surface area contributed by atoms with Gasteiger partial charge in [0.1, 0.15) is 0 Å². The second kappa shape index (κ2) is 4.00. The van der Waals surface area contributed by atoms with E-state index < -0.39 is 5.97 Å². The monoisotopic (exact) mass is 317 g/mol. The Morgan fingerprint density at radius 3 is 2.67 bits per heavy atom. The van der Waals surface area contributed by atoms with Gasteiger partial charge in [0, 0.05) is 22.3 Å². The molecular formula is C11H12INO2. The van der Waals surface area contributed by atoms with E-state index in [4.69, 9.17) is 5.11 Å². The summed E-state index contributed by atoms with van der Waals surface area (Å²) in [6, 6.07) is 5.46. The summed E-state index contributed by atoms with van der Waals surface area (Å²) in [5.74, 6) is -0.139. The minimum atomic E-state index is -0.858. The van der Waals surface area contributed by atoms with Crippen LogP contribution in [-0.2, 0) is 0 Å². The van der Waals surface area contributed by atoms with Gasteiger partial charge in [-0.25, -0.2) is 4.79 Å². The number of benzene rings is 1. The molecule has 3 nitrogen and oxygen atoms in total. The number of hydrogen-bond acceptors (Lipinski definition) is 2. The number of halogens is 1. The van der Waals surface area contributed by atoms with Gasteiger partial charge in [-0.1, -0.05) is 6.92 Å². The van der Waals surface area contributed by atoms with Gasteiger partial charge in [0.15, 0.2) is 0 Å². The Hall–Kier alpha value is -0.780. The highest BCUT2D eigenvalue weighted by atomic mass is 127. The molecule has 0 atom stereocenters. The van der Waals surface area contributed by atoms with Crippen molar-refractivity contribution in [2.75, 3.05) is 18.0 Å². The van der Waals surface area contributed by atoms with Crippen molar-refractivity contribution in [3.8, 4) is 0 Å². The van der Waals surface area contributed by atoms with Crippen molar-refractivity contribution in [2.45, 2.75) is 6.92 Å². The Balaban J connectivity index is 2.28. The summed E-state index contributed by atoms with van der Waals surface area (Å²) in [6.07, 6.45) is 0. The van der Waals surface area contributed by atoms with Crippen molar-refractivity contribution in [3.05, 3.63) is 27.3 Å². The normalized spacial score (nSPS) is 16.3. The summed E-state index contributed by atoms with van der Waals surface area (Å²) < 4.78 is 0.974. The molecule has 0 aromatic heterocycles. The van der Waals surface area contributed by atoms with Gasteiger partial charge in [-0.2, -0.15) is 0 Å². The summed E-state index contributed by atoms with van der Waals surface area (Å²) in [4.78, 5) is 13.1. The van der Waals surface area contributed by atoms with Crippen LogP contribution in [0, 0.1) is 9.49 Å². The summed E-state index contributed by atoms with van der Waals surface area (Å²) in [5.41, 5.74) is 1.40. The van der Waals surface area contributed by atoms with Gasteiger partial charge in [0.2, 0.25) is 0 Å². The molecule has 1 heterocycles. The molecule has 1 saturated heterocycles. The van der Waals surface area contributed by atoms with Crippen LogP contribution < -0.4 is 4.90 Å². The molecule has 1 aromatic carbocycles. The molecule has 1 aliphatic rings. The van der Waals surface area contributed by atoms with E-state index in [0.717, 1.165) is 28.3 Å². The van der Waals surface area contributed by atoms with E-state index in [0.29, 0.717) is 5.56 Å². The molecule has 1 aromatic rings. The first-order valence-corrected chi connectivity index (χ1v) is 5.93. The summed E-state index contributed by atoms with van der Waals surface area (Å²) in [6.45, 7) is 4.25. The number of carbonyl (C=O) groups is 1. The predicted octanol–water partition coefficient (Wildman–Crippen LogP) is 2.45. The van der Waals surface area contributed by atoms with Crippen LogP contribution in [0.25, 0.3) is 0 Å². The number of carboxylic acid groups (broad SMARTS) is 1. The maximum Gasteiger partial charge on any atom is 0.335 e. The highest BCUT2D eigenvalue weighted by Crippen LogP contribution is 2.27. The molecule has 0 radical (unpaired) electrons. The van der Waals surface area contributed by atoms with Gasteiger partial charge in [0.25, 0.3) is 0 Å². The molecule has 80 valence electrons. The number of rotatable bonds is 2. The maximum absolute atomic E-state index is 10.9. The Morgan fingerprint density at radius 1 is 1.47 bits per heavy atom. The lowest BCUT2D eigenvalue weighted by molar-refractivity contribution is 0.0697. The SMILES string of the molecule is CC1CN(c2cc(I)cc(C(=O)O)c2)C1. The van der Waals surface area contributed by atoms with Gasteiger partial charge in [0.05, 0.1) is 5.56 Å². The number of anilines is 1. The highest BCUT2D eigenvalue weighted by Gasteiger charge is 2.23. The van der Waals surface area contributed by atoms with Crippen molar-refractivity contribution in [3.63, 3.8) is 0 Å². The molecule has 0 bridgehead atoms. The molecule has 0 amide bonds. The van der Waals surface area contributed by atoms with E-state index in [1.165, 1.54) is 0 Å². The van der Waals surface area contributed by atoms with E-state index in [1.807, 2.05) is 6.07 Å². The average Bonchev–Trinajstić information content (AvgIpc) is 2.12. The van der Waals surface area contributed by atoms with Crippen molar-refractivity contribution in [1.29, 1.82) is 0 Å². The van der Waals surface area contributed by atoms with Crippen molar-refractivity contribution in [1.82, 2.24) is 0 Å². The fourth-order valence-corrected chi connectivity index (χ4v) is 2.44. The number of nitrogens with zero attached hydrogens (tertiary/aromatic N) is 1. The molecule has 0 saturated carbocycles. The lowest BCUT2D eigenvalue weighted by Gasteiger charge is -2.39. The average molecular weight is 317 g/mol. The van der Waals surface area contributed by atoms with Crippen molar-refractivity contribution in [2.24, 2.45) is 5.92 Å². The summed E-state index contributed by atoms with van der Waals surface area (Å²) in [5, 5.41) is 8.94. The third kappa shape index (κ3) is 2.25. The van der Waals surface area contributed by atoms with E-state index >= 15 is 0 Å². The number of aromatic carboxylic acids is 1. The smallest absolute Gasteiger partial charge is 0.335 e. The Morgan fingerprint density at radius 2 is 2.13 bits per heavy atom. The highest BCUT2D eigenvalue weighted by molar-refractivity contribution is 14.1. The first-order chi connectivity index (χ1) is 7.06. The molecule has 0 aliphatic carbocycles. The van der Waals surface area contributed by atoms with Crippen LogP contribution in [0.1, 0.15) is 17.3 Å². The molecule has 15 heavy (non-hydrogen) atoms. The van der Waals surface area contributed by atoms with E-state index in [-0.39, 0.29) is 0 Å². The molecule has 1 N–H and O–H groups in total. The van der Waals surface area contributed by atoms with Crippen molar-refractivity contribution >= 4 is 34.2 Å². The fourth-order valence-electron chi connectivity index (χ4n) is 1.79. The second-order valence-electron chi connectivity index (χ2n) is 4.01. The fraction of sp³-hybridized carbons (Fsp3) is 0.364. The Labute approximate surface area is 102 Å². The maximum atomic E-state index is 10.9. The Kier molecular flexibility index (Phi) is 2.86. The van der Waals surface area contributed by atoms with Crippen LogP contribution >= 0.6 is 22.6 Å². The van der Waals surface area contributed by atoms with Crippen LogP contribution in [0.4, 0.5) is 5.69 Å². The lowest BCUT2D eigenvalue weighted by Crippen LogP contribution is -2.45. The predicted molar refractivity (Wildman–Crippen MR) is 67.5 cm³/mol. The van der Waals surface area contributed by atoms with E-state index in [1.54, 1.807) is 12.1 Å². The minimum absolute atomic E-state index is 0.372. The zero-order valence-corrected chi connectivity index (χ0v) is 10.6. The molecular weight excluding hydrogens is 305 g/mol. The first kappa shape index (κ1) is 10.7. The van der Waals surface area contributed by atoms with Crippen LogP contribution in [0.15, 0.2) is 18.2 Å². The third-order valence-corrected chi connectivity index (χ3v) is 3.18. The number of carboxylic acids is 1. The molecule has 0 unspecified atom stereocenters. The summed E-state index contributed by atoms with van der Waals surface area (Å²) in [7, 11) is 0. The van der Waals surface area contributed by atoms with Crippen molar-refractivity contribution < 1.29 is 9.90 Å². The topological polar surface area (TPSA) is 40.5 Å². The van der Waals surface area contributed by atoms with E-state index in [9.17, 15) is 4.79 Å². The van der Waals surface area contributed by atoms with Gasteiger partial charge in [-0.3, -0.25) is 0 Å². The zero-order chi connectivity index (χ0) is 11.0.